The highest BCUT2D eigenvalue weighted by Crippen LogP contribution is 2.14. The Morgan fingerprint density at radius 1 is 1.33 bits per heavy atom. The van der Waals surface area contributed by atoms with Gasteiger partial charge in [-0.2, -0.15) is 4.72 Å². The molecule has 0 saturated carbocycles. The van der Waals surface area contributed by atoms with E-state index >= 15 is 0 Å². The molecule has 1 atom stereocenters. The van der Waals surface area contributed by atoms with Crippen LogP contribution in [-0.4, -0.2) is 49.4 Å². The Hall–Kier alpha value is -1.87. The Morgan fingerprint density at radius 3 is 2.33 bits per heavy atom. The lowest BCUT2D eigenvalue weighted by Crippen LogP contribution is -2.46. The zero-order valence-electron chi connectivity index (χ0n) is 12.0. The van der Waals surface area contributed by atoms with Gasteiger partial charge in [0.05, 0.1) is 6.04 Å². The summed E-state index contributed by atoms with van der Waals surface area (Å²) in [5.41, 5.74) is 0. The average molecular weight is 318 g/mol. The van der Waals surface area contributed by atoms with Gasteiger partial charge >= 0.3 is 5.97 Å². The van der Waals surface area contributed by atoms with Crippen LogP contribution in [-0.2, 0) is 14.8 Å². The number of furan rings is 1. The molecular weight excluding hydrogens is 300 g/mol. The quantitative estimate of drug-likeness (QED) is 0.756. The Bertz CT molecular complexity index is 617. The lowest BCUT2D eigenvalue weighted by Gasteiger charge is -2.22. The molecule has 1 rings (SSSR count). The van der Waals surface area contributed by atoms with Crippen LogP contribution in [0.5, 0.6) is 0 Å². The van der Waals surface area contributed by atoms with E-state index in [1.807, 2.05) is 0 Å². The number of aromatic carboxylic acids is 1. The van der Waals surface area contributed by atoms with E-state index in [1.165, 1.54) is 11.8 Å². The van der Waals surface area contributed by atoms with Crippen molar-refractivity contribution in [1.82, 2.24) is 9.62 Å². The van der Waals surface area contributed by atoms with Gasteiger partial charge in [-0.15, -0.1) is 0 Å². The second kappa shape index (κ2) is 6.72. The van der Waals surface area contributed by atoms with E-state index < -0.39 is 32.9 Å². The molecule has 1 heterocycles. The molecule has 2 N–H and O–H groups in total. The number of carbonyl (C=O) groups is 2. The number of nitrogens with one attached hydrogen (secondary N) is 1. The van der Waals surface area contributed by atoms with Crippen molar-refractivity contribution in [2.24, 2.45) is 0 Å². The van der Waals surface area contributed by atoms with Gasteiger partial charge in [0, 0.05) is 13.1 Å². The molecule has 0 bridgehead atoms. The fourth-order valence-electron chi connectivity index (χ4n) is 1.73. The minimum atomic E-state index is -4.09. The summed E-state index contributed by atoms with van der Waals surface area (Å²) in [5, 5.41) is 8.16. The maximum absolute atomic E-state index is 12.0. The van der Waals surface area contributed by atoms with Gasteiger partial charge in [0.1, 0.15) is 0 Å². The van der Waals surface area contributed by atoms with E-state index in [0.29, 0.717) is 13.1 Å². The van der Waals surface area contributed by atoms with Gasteiger partial charge in [-0.1, -0.05) is 0 Å². The predicted molar refractivity (Wildman–Crippen MR) is 73.4 cm³/mol. The third kappa shape index (κ3) is 4.05. The second-order valence-electron chi connectivity index (χ2n) is 4.28. The summed E-state index contributed by atoms with van der Waals surface area (Å²) in [7, 11) is -4.09. The molecule has 0 radical (unpaired) electrons. The zero-order chi connectivity index (χ0) is 16.2. The molecule has 1 aromatic heterocycles. The topological polar surface area (TPSA) is 117 Å². The van der Waals surface area contributed by atoms with Crippen molar-refractivity contribution >= 4 is 21.9 Å². The SMILES string of the molecule is CCN(CC)C(=O)C(C)NS(=O)(=O)c1ccc(C(=O)O)o1. The smallest absolute Gasteiger partial charge is 0.371 e. The first-order valence-electron chi connectivity index (χ1n) is 6.37. The number of hydrogen-bond acceptors (Lipinski definition) is 5. The molecular formula is C12H18N2O6S. The molecule has 8 nitrogen and oxygen atoms in total. The highest BCUT2D eigenvalue weighted by molar-refractivity contribution is 7.89. The van der Waals surface area contributed by atoms with Crippen LogP contribution in [0.3, 0.4) is 0 Å². The van der Waals surface area contributed by atoms with Gasteiger partial charge in [0.2, 0.25) is 16.8 Å². The number of sulfonamides is 1. The van der Waals surface area contributed by atoms with Crippen molar-refractivity contribution in [3.05, 3.63) is 17.9 Å². The summed E-state index contributed by atoms with van der Waals surface area (Å²) < 4.78 is 30.9. The molecule has 21 heavy (non-hydrogen) atoms. The molecule has 9 heteroatoms. The van der Waals surface area contributed by atoms with Gasteiger partial charge in [-0.25, -0.2) is 13.2 Å². The summed E-state index contributed by atoms with van der Waals surface area (Å²) in [6.45, 7) is 5.92. The van der Waals surface area contributed by atoms with E-state index in [0.717, 1.165) is 12.1 Å². The molecule has 1 aromatic rings. The number of carbonyl (C=O) groups excluding carboxylic acids is 1. The summed E-state index contributed by atoms with van der Waals surface area (Å²) in [6, 6.07) is 1.09. The number of likely N-dealkylation sites (N-methyl/N-ethyl adjacent to an activating group) is 1. The standard InChI is InChI=1S/C12H18N2O6S/c1-4-14(5-2)11(15)8(3)13-21(18,19)10-7-6-9(20-10)12(16)17/h6-8,13H,4-5H2,1-3H3,(H,16,17). The summed E-state index contributed by atoms with van der Waals surface area (Å²) >= 11 is 0. The maximum atomic E-state index is 12.0. The fraction of sp³-hybridized carbons (Fsp3) is 0.500. The van der Waals surface area contributed by atoms with Gasteiger partial charge in [0.25, 0.3) is 10.0 Å². The molecule has 0 aromatic carbocycles. The number of carboxylic acid groups (broad SMARTS) is 1. The second-order valence-corrected chi connectivity index (χ2v) is 5.92. The van der Waals surface area contributed by atoms with E-state index in [-0.39, 0.29) is 5.91 Å². The largest absolute Gasteiger partial charge is 0.475 e. The van der Waals surface area contributed by atoms with Crippen molar-refractivity contribution in [3.8, 4) is 0 Å². The Balaban J connectivity index is 2.89. The van der Waals surface area contributed by atoms with E-state index in [4.69, 9.17) is 9.52 Å². The molecule has 0 aliphatic heterocycles. The maximum Gasteiger partial charge on any atom is 0.371 e. The van der Waals surface area contributed by atoms with Crippen LogP contribution in [0.1, 0.15) is 31.3 Å². The minimum Gasteiger partial charge on any atom is -0.475 e. The van der Waals surface area contributed by atoms with Crippen LogP contribution in [0.2, 0.25) is 0 Å². The van der Waals surface area contributed by atoms with Crippen molar-refractivity contribution < 1.29 is 27.5 Å². The molecule has 0 saturated heterocycles. The normalized spacial score (nSPS) is 12.9. The van der Waals surface area contributed by atoms with Gasteiger partial charge in [0.15, 0.2) is 0 Å². The third-order valence-electron chi connectivity index (χ3n) is 2.83. The molecule has 0 aliphatic rings. The first-order chi connectivity index (χ1) is 9.72. The van der Waals surface area contributed by atoms with E-state index in [9.17, 15) is 18.0 Å². The van der Waals surface area contributed by atoms with Crippen LogP contribution < -0.4 is 4.72 Å². The van der Waals surface area contributed by atoms with Gasteiger partial charge in [-0.05, 0) is 32.9 Å². The fourth-order valence-corrected chi connectivity index (χ4v) is 2.86. The summed E-state index contributed by atoms with van der Waals surface area (Å²) in [6.07, 6.45) is 0. The highest BCUT2D eigenvalue weighted by atomic mass is 32.2. The summed E-state index contributed by atoms with van der Waals surface area (Å²) in [5.74, 6) is -2.23. The van der Waals surface area contributed by atoms with Crippen LogP contribution in [0.4, 0.5) is 0 Å². The lowest BCUT2D eigenvalue weighted by molar-refractivity contribution is -0.132. The van der Waals surface area contributed by atoms with Crippen LogP contribution in [0, 0.1) is 0 Å². The molecule has 0 fully saturated rings. The van der Waals surface area contributed by atoms with Crippen molar-refractivity contribution in [3.63, 3.8) is 0 Å². The lowest BCUT2D eigenvalue weighted by atomic mass is 10.3. The van der Waals surface area contributed by atoms with E-state index in [1.54, 1.807) is 13.8 Å². The number of rotatable bonds is 7. The van der Waals surface area contributed by atoms with Crippen molar-refractivity contribution in [1.29, 1.82) is 0 Å². The monoisotopic (exact) mass is 318 g/mol. The number of carboxylic acids is 1. The molecule has 1 unspecified atom stereocenters. The van der Waals surface area contributed by atoms with E-state index in [2.05, 4.69) is 4.72 Å². The zero-order valence-corrected chi connectivity index (χ0v) is 12.8. The van der Waals surface area contributed by atoms with Crippen LogP contribution in [0.15, 0.2) is 21.6 Å². The highest BCUT2D eigenvalue weighted by Gasteiger charge is 2.27. The van der Waals surface area contributed by atoms with Crippen molar-refractivity contribution in [2.75, 3.05) is 13.1 Å². The van der Waals surface area contributed by atoms with Crippen molar-refractivity contribution in [2.45, 2.75) is 31.9 Å². The average Bonchev–Trinajstić information content (AvgIpc) is 2.90. The Morgan fingerprint density at radius 2 is 1.90 bits per heavy atom. The molecule has 118 valence electrons. The Kier molecular flexibility index (Phi) is 5.50. The molecule has 0 spiro atoms. The molecule has 0 aliphatic carbocycles. The first kappa shape index (κ1) is 17.2. The first-order valence-corrected chi connectivity index (χ1v) is 7.85. The van der Waals surface area contributed by atoms with Crippen LogP contribution >= 0.6 is 0 Å². The number of hydrogen-bond donors (Lipinski definition) is 2. The van der Waals surface area contributed by atoms with Crippen LogP contribution in [0.25, 0.3) is 0 Å². The predicted octanol–water partition coefficient (Wildman–Crippen LogP) is 0.513. The number of amides is 1. The molecule has 1 amide bonds. The van der Waals surface area contributed by atoms with Gasteiger partial charge < -0.3 is 14.4 Å². The summed E-state index contributed by atoms with van der Waals surface area (Å²) in [4.78, 5) is 24.2. The number of nitrogens with zero attached hydrogens (tertiary/aromatic N) is 1. The Labute approximate surface area is 122 Å². The van der Waals surface area contributed by atoms with Gasteiger partial charge in [-0.3, -0.25) is 4.79 Å². The minimum absolute atomic E-state index is 0.367. The third-order valence-corrected chi connectivity index (χ3v) is 4.25.